The minimum absolute atomic E-state index is 0.0287. The van der Waals surface area contributed by atoms with Gasteiger partial charge in [0.2, 0.25) is 0 Å². The van der Waals surface area contributed by atoms with Gasteiger partial charge in [-0.1, -0.05) is 43.7 Å². The Morgan fingerprint density at radius 3 is 2.46 bits per heavy atom. The van der Waals surface area contributed by atoms with Crippen LogP contribution in [0.5, 0.6) is 0 Å². The zero-order chi connectivity index (χ0) is 18.6. The summed E-state index contributed by atoms with van der Waals surface area (Å²) in [6, 6.07) is 16.2. The van der Waals surface area contributed by atoms with Crippen molar-refractivity contribution in [3.63, 3.8) is 0 Å². The molecule has 3 aromatic rings. The Morgan fingerprint density at radius 1 is 1.04 bits per heavy atom. The lowest BCUT2D eigenvalue weighted by atomic mass is 9.84. The first-order valence-electron chi connectivity index (χ1n) is 8.48. The zero-order valence-corrected chi connectivity index (χ0v) is 15.2. The summed E-state index contributed by atoms with van der Waals surface area (Å²) in [5, 5.41) is 20.8. The first-order valence-corrected chi connectivity index (χ1v) is 8.48. The maximum Gasteiger partial charge on any atom is 0.148 e. The number of benzene rings is 1. The molecule has 26 heavy (non-hydrogen) atoms. The Labute approximate surface area is 153 Å². The molecule has 0 fully saturated rings. The van der Waals surface area contributed by atoms with Gasteiger partial charge >= 0.3 is 0 Å². The third-order valence-electron chi connectivity index (χ3n) is 4.37. The number of anilines is 1. The average molecular weight is 343 g/mol. The summed E-state index contributed by atoms with van der Waals surface area (Å²) < 4.78 is 0. The number of hydrogen-bond acceptors (Lipinski definition) is 5. The third-order valence-corrected chi connectivity index (χ3v) is 4.37. The van der Waals surface area contributed by atoms with Gasteiger partial charge < -0.3 is 5.32 Å². The SMILES string of the molecule is Cc1ccc(C(C)(C)CNc2ccc(-c3cncc(C#N)c3)nn2)cc1. The van der Waals surface area contributed by atoms with Gasteiger partial charge in [0.05, 0.1) is 11.3 Å². The van der Waals surface area contributed by atoms with Crippen LogP contribution in [0.2, 0.25) is 0 Å². The second-order valence-corrected chi connectivity index (χ2v) is 6.98. The number of nitrogens with zero attached hydrogens (tertiary/aromatic N) is 4. The van der Waals surface area contributed by atoms with Crippen molar-refractivity contribution in [2.45, 2.75) is 26.2 Å². The van der Waals surface area contributed by atoms with Crippen LogP contribution in [0.3, 0.4) is 0 Å². The second-order valence-electron chi connectivity index (χ2n) is 6.98. The van der Waals surface area contributed by atoms with E-state index < -0.39 is 0 Å². The molecule has 0 saturated heterocycles. The van der Waals surface area contributed by atoms with E-state index in [9.17, 15) is 0 Å². The van der Waals surface area contributed by atoms with Gasteiger partial charge in [-0.25, -0.2) is 0 Å². The fourth-order valence-electron chi connectivity index (χ4n) is 2.64. The summed E-state index contributed by atoms with van der Waals surface area (Å²) in [6.45, 7) is 7.24. The van der Waals surface area contributed by atoms with Gasteiger partial charge in [-0.2, -0.15) is 5.26 Å². The van der Waals surface area contributed by atoms with Crippen molar-refractivity contribution in [2.24, 2.45) is 0 Å². The van der Waals surface area contributed by atoms with Crippen molar-refractivity contribution in [1.29, 1.82) is 5.26 Å². The van der Waals surface area contributed by atoms with Crippen LogP contribution in [-0.2, 0) is 5.41 Å². The molecule has 1 aromatic carbocycles. The van der Waals surface area contributed by atoms with Crippen LogP contribution >= 0.6 is 0 Å². The summed E-state index contributed by atoms with van der Waals surface area (Å²) in [5.41, 5.74) is 4.49. The predicted molar refractivity (Wildman–Crippen MR) is 103 cm³/mol. The second kappa shape index (κ2) is 7.32. The summed E-state index contributed by atoms with van der Waals surface area (Å²) in [6.07, 6.45) is 3.21. The van der Waals surface area contributed by atoms with Crippen LogP contribution in [-0.4, -0.2) is 21.7 Å². The van der Waals surface area contributed by atoms with E-state index in [1.54, 1.807) is 12.3 Å². The molecule has 2 aromatic heterocycles. The molecular formula is C21H21N5. The Morgan fingerprint density at radius 2 is 1.81 bits per heavy atom. The molecule has 130 valence electrons. The third kappa shape index (κ3) is 4.04. The Balaban J connectivity index is 1.69. The van der Waals surface area contributed by atoms with Crippen molar-refractivity contribution in [3.8, 4) is 17.3 Å². The maximum absolute atomic E-state index is 8.97. The lowest BCUT2D eigenvalue weighted by Gasteiger charge is -2.26. The Bertz CT molecular complexity index is 922. The number of rotatable bonds is 5. The summed E-state index contributed by atoms with van der Waals surface area (Å²) in [5.74, 6) is 0.721. The van der Waals surface area contributed by atoms with E-state index in [2.05, 4.69) is 71.6 Å². The van der Waals surface area contributed by atoms with Gasteiger partial charge in [0, 0.05) is 29.9 Å². The molecule has 0 aliphatic carbocycles. The van der Waals surface area contributed by atoms with E-state index in [1.165, 1.54) is 17.3 Å². The van der Waals surface area contributed by atoms with Crippen LogP contribution in [0.1, 0.15) is 30.5 Å². The number of nitriles is 1. The molecule has 0 unspecified atom stereocenters. The van der Waals surface area contributed by atoms with E-state index in [-0.39, 0.29) is 5.41 Å². The Kier molecular flexibility index (Phi) is 4.94. The van der Waals surface area contributed by atoms with E-state index >= 15 is 0 Å². The number of nitrogens with one attached hydrogen (secondary N) is 1. The fraction of sp³-hybridized carbons (Fsp3) is 0.238. The lowest BCUT2D eigenvalue weighted by molar-refractivity contribution is 0.555. The Hall–Kier alpha value is -3.26. The molecule has 0 aliphatic heterocycles. The van der Waals surface area contributed by atoms with Gasteiger partial charge in [0.1, 0.15) is 11.9 Å². The standard InChI is InChI=1S/C21H21N5/c1-15-4-6-18(7-5-15)21(2,3)14-24-20-9-8-19(25-26-20)17-10-16(11-22)12-23-13-17/h4-10,12-13H,14H2,1-3H3,(H,24,26). The van der Waals surface area contributed by atoms with E-state index in [0.717, 1.165) is 17.9 Å². The smallest absolute Gasteiger partial charge is 0.148 e. The predicted octanol–water partition coefficient (Wildman–Crippen LogP) is 4.11. The number of hydrogen-bond donors (Lipinski definition) is 1. The molecule has 0 aliphatic rings. The number of aryl methyl sites for hydroxylation is 1. The highest BCUT2D eigenvalue weighted by Gasteiger charge is 2.20. The summed E-state index contributed by atoms with van der Waals surface area (Å²) in [4.78, 5) is 4.06. The lowest BCUT2D eigenvalue weighted by Crippen LogP contribution is -2.28. The monoisotopic (exact) mass is 343 g/mol. The van der Waals surface area contributed by atoms with E-state index in [0.29, 0.717) is 11.3 Å². The molecule has 0 amide bonds. The van der Waals surface area contributed by atoms with Gasteiger partial charge in [-0.3, -0.25) is 4.98 Å². The largest absolute Gasteiger partial charge is 0.368 e. The molecule has 0 atom stereocenters. The van der Waals surface area contributed by atoms with Crippen LogP contribution < -0.4 is 5.32 Å². The van der Waals surface area contributed by atoms with Gasteiger partial charge in [0.15, 0.2) is 0 Å². The quantitative estimate of drug-likeness (QED) is 0.754. The molecule has 5 heteroatoms. The molecule has 3 rings (SSSR count). The van der Waals surface area contributed by atoms with Gasteiger partial charge in [-0.15, -0.1) is 10.2 Å². The fourth-order valence-corrected chi connectivity index (χ4v) is 2.64. The number of aromatic nitrogens is 3. The van der Waals surface area contributed by atoms with Gasteiger partial charge in [0.25, 0.3) is 0 Å². The maximum atomic E-state index is 8.97. The molecule has 0 saturated carbocycles. The van der Waals surface area contributed by atoms with Crippen LogP contribution in [0.4, 0.5) is 5.82 Å². The van der Waals surface area contributed by atoms with Crippen LogP contribution in [0, 0.1) is 18.3 Å². The van der Waals surface area contributed by atoms with Crippen molar-refractivity contribution >= 4 is 5.82 Å². The summed E-state index contributed by atoms with van der Waals surface area (Å²) in [7, 11) is 0. The molecule has 1 N–H and O–H groups in total. The average Bonchev–Trinajstić information content (AvgIpc) is 2.67. The zero-order valence-electron chi connectivity index (χ0n) is 15.2. The summed E-state index contributed by atoms with van der Waals surface area (Å²) >= 11 is 0. The van der Waals surface area contributed by atoms with Crippen molar-refractivity contribution < 1.29 is 0 Å². The minimum Gasteiger partial charge on any atom is -0.368 e. The van der Waals surface area contributed by atoms with Crippen LogP contribution in [0.25, 0.3) is 11.3 Å². The molecule has 0 bridgehead atoms. The topological polar surface area (TPSA) is 74.5 Å². The molecule has 2 heterocycles. The van der Waals surface area contributed by atoms with Crippen LogP contribution in [0.15, 0.2) is 54.9 Å². The normalized spacial score (nSPS) is 11.0. The van der Waals surface area contributed by atoms with Crippen molar-refractivity contribution in [1.82, 2.24) is 15.2 Å². The number of pyridine rings is 1. The highest BCUT2D eigenvalue weighted by molar-refractivity contribution is 5.60. The first-order chi connectivity index (χ1) is 12.5. The molecule has 0 spiro atoms. The molecule has 0 radical (unpaired) electrons. The first kappa shape index (κ1) is 17.6. The van der Waals surface area contributed by atoms with E-state index in [4.69, 9.17) is 5.26 Å². The van der Waals surface area contributed by atoms with E-state index in [1.807, 2.05) is 12.1 Å². The minimum atomic E-state index is -0.0287. The highest BCUT2D eigenvalue weighted by atomic mass is 15.2. The van der Waals surface area contributed by atoms with Gasteiger partial charge in [-0.05, 0) is 30.7 Å². The van der Waals surface area contributed by atoms with Crippen molar-refractivity contribution in [2.75, 3.05) is 11.9 Å². The van der Waals surface area contributed by atoms with Crippen molar-refractivity contribution in [3.05, 3.63) is 71.5 Å². The molecular weight excluding hydrogens is 322 g/mol. The highest BCUT2D eigenvalue weighted by Crippen LogP contribution is 2.24. The molecule has 5 nitrogen and oxygen atoms in total.